The van der Waals surface area contributed by atoms with E-state index in [-0.39, 0.29) is 0 Å². The molecule has 0 saturated heterocycles. The maximum absolute atomic E-state index is 11.4. The van der Waals surface area contributed by atoms with E-state index >= 15 is 0 Å². The maximum atomic E-state index is 11.4. The largest absolute Gasteiger partial charge is 0.480 e. The van der Waals surface area contributed by atoms with E-state index < -0.39 is 12.0 Å². The van der Waals surface area contributed by atoms with Gasteiger partial charge in [-0.25, -0.2) is 0 Å². The van der Waals surface area contributed by atoms with Crippen LogP contribution in [0.15, 0.2) is 60.7 Å². The van der Waals surface area contributed by atoms with E-state index in [1.165, 1.54) is 5.56 Å². The number of rotatable bonds is 6. The third-order valence-electron chi connectivity index (χ3n) is 4.11. The highest BCUT2D eigenvalue weighted by Crippen LogP contribution is 2.47. The number of hydrogen-bond donors (Lipinski definition) is 2. The Morgan fingerprint density at radius 1 is 1.10 bits per heavy atom. The lowest BCUT2D eigenvalue weighted by Crippen LogP contribution is -2.30. The minimum atomic E-state index is -0.821. The van der Waals surface area contributed by atoms with E-state index in [1.807, 2.05) is 36.4 Å². The SMILES string of the molecule is O=C(O)[C@H](NCC1CC1c1ccccc1)c1ccccc1. The smallest absolute Gasteiger partial charge is 0.325 e. The van der Waals surface area contributed by atoms with Crippen LogP contribution in [0.3, 0.4) is 0 Å². The van der Waals surface area contributed by atoms with Crippen LogP contribution in [0.4, 0.5) is 0 Å². The lowest BCUT2D eigenvalue weighted by molar-refractivity contribution is -0.139. The zero-order chi connectivity index (χ0) is 14.7. The summed E-state index contributed by atoms with van der Waals surface area (Å²) in [7, 11) is 0. The Balaban J connectivity index is 1.58. The minimum absolute atomic E-state index is 0.540. The molecule has 0 bridgehead atoms. The quantitative estimate of drug-likeness (QED) is 0.855. The van der Waals surface area contributed by atoms with Gasteiger partial charge in [0, 0.05) is 0 Å². The van der Waals surface area contributed by atoms with Gasteiger partial charge in [0.05, 0.1) is 0 Å². The molecule has 21 heavy (non-hydrogen) atoms. The average molecular weight is 281 g/mol. The summed E-state index contributed by atoms with van der Waals surface area (Å²) in [5, 5.41) is 12.6. The van der Waals surface area contributed by atoms with Crippen LogP contribution in [-0.4, -0.2) is 17.6 Å². The fourth-order valence-electron chi connectivity index (χ4n) is 2.84. The molecule has 1 fully saturated rings. The van der Waals surface area contributed by atoms with Gasteiger partial charge in [-0.05, 0) is 35.9 Å². The van der Waals surface area contributed by atoms with E-state index in [2.05, 4.69) is 29.6 Å². The Morgan fingerprint density at radius 3 is 2.33 bits per heavy atom. The van der Waals surface area contributed by atoms with Crippen molar-refractivity contribution in [2.24, 2.45) is 5.92 Å². The molecule has 0 spiro atoms. The van der Waals surface area contributed by atoms with Gasteiger partial charge < -0.3 is 10.4 Å². The Labute approximate surface area is 124 Å². The Morgan fingerprint density at radius 2 is 1.71 bits per heavy atom. The van der Waals surface area contributed by atoms with Crippen LogP contribution in [0.25, 0.3) is 0 Å². The van der Waals surface area contributed by atoms with Gasteiger partial charge in [0.15, 0.2) is 0 Å². The molecule has 2 unspecified atom stereocenters. The van der Waals surface area contributed by atoms with Crippen LogP contribution in [0.5, 0.6) is 0 Å². The number of carboxylic acid groups (broad SMARTS) is 1. The van der Waals surface area contributed by atoms with Crippen molar-refractivity contribution in [1.29, 1.82) is 0 Å². The summed E-state index contributed by atoms with van der Waals surface area (Å²) in [6.45, 7) is 0.741. The number of hydrogen-bond acceptors (Lipinski definition) is 2. The molecule has 0 amide bonds. The fraction of sp³-hybridized carbons (Fsp3) is 0.278. The van der Waals surface area contributed by atoms with Gasteiger partial charge in [-0.3, -0.25) is 4.79 Å². The second-order valence-corrected chi connectivity index (χ2v) is 5.60. The zero-order valence-electron chi connectivity index (χ0n) is 11.8. The third kappa shape index (κ3) is 3.31. The number of carboxylic acids is 1. The first kappa shape index (κ1) is 13.8. The van der Waals surface area contributed by atoms with Gasteiger partial charge >= 0.3 is 5.97 Å². The van der Waals surface area contributed by atoms with E-state index in [1.54, 1.807) is 0 Å². The minimum Gasteiger partial charge on any atom is -0.480 e. The Hall–Kier alpha value is -2.13. The number of carbonyl (C=O) groups is 1. The molecule has 3 nitrogen and oxygen atoms in total. The monoisotopic (exact) mass is 281 g/mol. The summed E-state index contributed by atoms with van der Waals surface area (Å²) in [5.41, 5.74) is 2.16. The van der Waals surface area contributed by atoms with Crippen LogP contribution in [0.2, 0.25) is 0 Å². The van der Waals surface area contributed by atoms with Gasteiger partial charge in [0.1, 0.15) is 6.04 Å². The molecule has 2 N–H and O–H groups in total. The second-order valence-electron chi connectivity index (χ2n) is 5.60. The molecule has 0 radical (unpaired) electrons. The zero-order valence-corrected chi connectivity index (χ0v) is 11.8. The van der Waals surface area contributed by atoms with Crippen molar-refractivity contribution in [2.75, 3.05) is 6.54 Å². The molecule has 1 aliphatic carbocycles. The molecule has 3 rings (SSSR count). The first-order valence-electron chi connectivity index (χ1n) is 7.32. The van der Waals surface area contributed by atoms with Crippen molar-refractivity contribution in [3.05, 3.63) is 71.8 Å². The summed E-state index contributed by atoms with van der Waals surface area (Å²) >= 11 is 0. The predicted octanol–water partition coefficient (Wildman–Crippen LogP) is 3.21. The molecule has 108 valence electrons. The summed E-state index contributed by atoms with van der Waals surface area (Å²) in [5.74, 6) is 0.292. The summed E-state index contributed by atoms with van der Waals surface area (Å²) in [6.07, 6.45) is 1.14. The molecule has 0 heterocycles. The van der Waals surface area contributed by atoms with Gasteiger partial charge in [-0.1, -0.05) is 60.7 Å². The van der Waals surface area contributed by atoms with Gasteiger partial charge in [0.25, 0.3) is 0 Å². The average Bonchev–Trinajstić information content (AvgIpc) is 3.29. The normalized spacial score (nSPS) is 21.7. The second kappa shape index (κ2) is 6.10. The number of aliphatic carboxylic acids is 1. The highest BCUT2D eigenvalue weighted by atomic mass is 16.4. The molecular formula is C18H19NO2. The summed E-state index contributed by atoms with van der Waals surface area (Å²) < 4.78 is 0. The lowest BCUT2D eigenvalue weighted by atomic mass is 10.1. The molecule has 2 aromatic rings. The highest BCUT2D eigenvalue weighted by molar-refractivity contribution is 5.75. The molecular weight excluding hydrogens is 262 g/mol. The first-order valence-corrected chi connectivity index (χ1v) is 7.32. The Bertz CT molecular complexity index is 597. The van der Waals surface area contributed by atoms with Gasteiger partial charge in [0.2, 0.25) is 0 Å². The van der Waals surface area contributed by atoms with Crippen molar-refractivity contribution in [1.82, 2.24) is 5.32 Å². The van der Waals surface area contributed by atoms with E-state index in [0.717, 1.165) is 18.5 Å². The third-order valence-corrected chi connectivity index (χ3v) is 4.11. The molecule has 3 atom stereocenters. The van der Waals surface area contributed by atoms with Crippen molar-refractivity contribution in [3.8, 4) is 0 Å². The van der Waals surface area contributed by atoms with Crippen molar-refractivity contribution >= 4 is 5.97 Å². The Kier molecular flexibility index (Phi) is 4.02. The van der Waals surface area contributed by atoms with E-state index in [0.29, 0.717) is 11.8 Å². The van der Waals surface area contributed by atoms with Gasteiger partial charge in [-0.2, -0.15) is 0 Å². The number of benzene rings is 2. The van der Waals surface area contributed by atoms with Crippen molar-refractivity contribution in [2.45, 2.75) is 18.4 Å². The molecule has 0 aromatic heterocycles. The van der Waals surface area contributed by atoms with Crippen LogP contribution >= 0.6 is 0 Å². The lowest BCUT2D eigenvalue weighted by Gasteiger charge is -2.14. The molecule has 1 aliphatic rings. The van der Waals surface area contributed by atoms with Crippen LogP contribution in [0.1, 0.15) is 29.5 Å². The fourth-order valence-corrected chi connectivity index (χ4v) is 2.84. The molecule has 2 aromatic carbocycles. The van der Waals surface area contributed by atoms with Crippen LogP contribution in [0, 0.1) is 5.92 Å². The van der Waals surface area contributed by atoms with E-state index in [9.17, 15) is 9.90 Å². The number of nitrogens with one attached hydrogen (secondary N) is 1. The standard InChI is InChI=1S/C18H19NO2/c20-18(21)17(14-9-5-2-6-10-14)19-12-15-11-16(15)13-7-3-1-4-8-13/h1-10,15-17,19H,11-12H2,(H,20,21)/t15?,16?,17-/m1/s1. The predicted molar refractivity (Wildman–Crippen MR) is 82.1 cm³/mol. The molecule has 3 heteroatoms. The van der Waals surface area contributed by atoms with E-state index in [4.69, 9.17) is 0 Å². The van der Waals surface area contributed by atoms with Crippen LogP contribution in [-0.2, 0) is 4.79 Å². The van der Waals surface area contributed by atoms with Crippen LogP contribution < -0.4 is 5.32 Å². The van der Waals surface area contributed by atoms with Gasteiger partial charge in [-0.15, -0.1) is 0 Å². The van der Waals surface area contributed by atoms with Crippen molar-refractivity contribution in [3.63, 3.8) is 0 Å². The first-order chi connectivity index (χ1) is 10.3. The maximum Gasteiger partial charge on any atom is 0.325 e. The topological polar surface area (TPSA) is 49.3 Å². The summed E-state index contributed by atoms with van der Waals surface area (Å²) in [4.78, 5) is 11.4. The van der Waals surface area contributed by atoms with Crippen molar-refractivity contribution < 1.29 is 9.90 Å². The molecule has 0 aliphatic heterocycles. The molecule has 1 saturated carbocycles. The summed E-state index contributed by atoms with van der Waals surface area (Å²) in [6, 6.07) is 19.2. The highest BCUT2D eigenvalue weighted by Gasteiger charge is 2.38.